The fourth-order valence-electron chi connectivity index (χ4n) is 2.68. The molecule has 5 nitrogen and oxygen atoms in total. The van der Waals surface area contributed by atoms with Crippen molar-refractivity contribution in [2.45, 2.75) is 19.1 Å². The molecular formula is C17H15F3N2O3. The summed E-state index contributed by atoms with van der Waals surface area (Å²) in [6.07, 6.45) is -2.86. The van der Waals surface area contributed by atoms with E-state index in [1.807, 2.05) is 0 Å². The standard InChI is InChI=1S/C17H15F3N2O3/c18-17(19,20)12-3-5-13(6-4-12)21-16(24)11-8-15(23)22(9-11)10-14-2-1-7-25-14/h1-7,11H,8-10H2,(H,21,24). The van der Waals surface area contributed by atoms with Gasteiger partial charge in [-0.25, -0.2) is 0 Å². The van der Waals surface area contributed by atoms with Gasteiger partial charge in [0.2, 0.25) is 11.8 Å². The summed E-state index contributed by atoms with van der Waals surface area (Å²) < 4.78 is 42.8. The molecule has 1 unspecified atom stereocenters. The maximum absolute atomic E-state index is 12.5. The van der Waals surface area contributed by atoms with E-state index < -0.39 is 23.6 Å². The van der Waals surface area contributed by atoms with Crippen LogP contribution in [0.15, 0.2) is 47.1 Å². The first-order chi connectivity index (χ1) is 11.8. The molecule has 0 spiro atoms. The molecule has 2 heterocycles. The largest absolute Gasteiger partial charge is 0.467 e. The first-order valence-electron chi connectivity index (χ1n) is 7.61. The first kappa shape index (κ1) is 17.1. The molecule has 2 amide bonds. The minimum atomic E-state index is -4.42. The Kier molecular flexibility index (Phi) is 4.52. The molecule has 1 aromatic heterocycles. The number of nitrogens with zero attached hydrogens (tertiary/aromatic N) is 1. The topological polar surface area (TPSA) is 62.6 Å². The molecule has 0 radical (unpaired) electrons. The van der Waals surface area contributed by atoms with Crippen LogP contribution in [-0.4, -0.2) is 23.3 Å². The Morgan fingerprint density at radius 3 is 2.56 bits per heavy atom. The van der Waals surface area contributed by atoms with E-state index in [1.165, 1.54) is 23.3 Å². The number of nitrogens with one attached hydrogen (secondary N) is 1. The Labute approximate surface area is 141 Å². The lowest BCUT2D eigenvalue weighted by Crippen LogP contribution is -2.27. The SMILES string of the molecule is O=C(Nc1ccc(C(F)(F)F)cc1)C1CC(=O)N(Cc2ccco2)C1. The first-order valence-corrected chi connectivity index (χ1v) is 7.61. The van der Waals surface area contributed by atoms with Crippen LogP contribution in [0.1, 0.15) is 17.7 Å². The zero-order chi connectivity index (χ0) is 18.0. The highest BCUT2D eigenvalue weighted by molar-refractivity contribution is 5.97. The number of likely N-dealkylation sites (tertiary alicyclic amines) is 1. The van der Waals surface area contributed by atoms with Gasteiger partial charge in [-0.05, 0) is 36.4 Å². The second-order valence-electron chi connectivity index (χ2n) is 5.82. The van der Waals surface area contributed by atoms with Gasteiger partial charge in [0.05, 0.1) is 24.3 Å². The zero-order valence-electron chi connectivity index (χ0n) is 13.0. The molecule has 0 aliphatic carbocycles. The summed E-state index contributed by atoms with van der Waals surface area (Å²) in [4.78, 5) is 25.8. The van der Waals surface area contributed by atoms with Gasteiger partial charge in [0.25, 0.3) is 0 Å². The fourth-order valence-corrected chi connectivity index (χ4v) is 2.68. The van der Waals surface area contributed by atoms with Crippen LogP contribution in [0.2, 0.25) is 0 Å². The van der Waals surface area contributed by atoms with Crippen LogP contribution >= 0.6 is 0 Å². The van der Waals surface area contributed by atoms with Crippen molar-refractivity contribution in [2.75, 3.05) is 11.9 Å². The van der Waals surface area contributed by atoms with Crippen molar-refractivity contribution in [3.05, 3.63) is 54.0 Å². The number of hydrogen-bond acceptors (Lipinski definition) is 3. The van der Waals surface area contributed by atoms with E-state index in [2.05, 4.69) is 5.32 Å². The number of alkyl halides is 3. The van der Waals surface area contributed by atoms with Crippen molar-refractivity contribution in [1.82, 2.24) is 4.90 Å². The second-order valence-corrected chi connectivity index (χ2v) is 5.82. The predicted octanol–water partition coefficient (Wildman–Crippen LogP) is 3.29. The number of halogens is 3. The molecule has 1 fully saturated rings. The van der Waals surface area contributed by atoms with Crippen LogP contribution in [0.3, 0.4) is 0 Å². The third-order valence-corrected chi connectivity index (χ3v) is 3.99. The number of rotatable bonds is 4. The Balaban J connectivity index is 1.59. The third-order valence-electron chi connectivity index (χ3n) is 3.99. The van der Waals surface area contributed by atoms with Crippen LogP contribution in [-0.2, 0) is 22.3 Å². The molecule has 1 aliphatic rings. The number of hydrogen-bond donors (Lipinski definition) is 1. The van der Waals surface area contributed by atoms with Crippen molar-refractivity contribution >= 4 is 17.5 Å². The lowest BCUT2D eigenvalue weighted by atomic mass is 10.1. The number of furan rings is 1. The van der Waals surface area contributed by atoms with E-state index in [4.69, 9.17) is 4.42 Å². The van der Waals surface area contributed by atoms with Gasteiger partial charge in [-0.3, -0.25) is 9.59 Å². The maximum Gasteiger partial charge on any atom is 0.416 e. The molecule has 2 aromatic rings. The van der Waals surface area contributed by atoms with E-state index in [0.717, 1.165) is 12.1 Å². The number of benzene rings is 1. The third kappa shape index (κ3) is 4.01. The average molecular weight is 352 g/mol. The summed E-state index contributed by atoms with van der Waals surface area (Å²) in [5.74, 6) is -0.485. The van der Waals surface area contributed by atoms with Crippen LogP contribution in [0, 0.1) is 5.92 Å². The molecular weight excluding hydrogens is 337 g/mol. The summed E-state index contributed by atoms with van der Waals surface area (Å²) in [6.45, 7) is 0.530. The molecule has 0 bridgehead atoms. The summed E-state index contributed by atoms with van der Waals surface area (Å²) in [5.41, 5.74) is -0.527. The highest BCUT2D eigenvalue weighted by Crippen LogP contribution is 2.30. The van der Waals surface area contributed by atoms with Gasteiger partial charge in [0.15, 0.2) is 0 Å². The zero-order valence-corrected chi connectivity index (χ0v) is 13.0. The van der Waals surface area contributed by atoms with E-state index in [9.17, 15) is 22.8 Å². The van der Waals surface area contributed by atoms with Crippen LogP contribution in [0.4, 0.5) is 18.9 Å². The van der Waals surface area contributed by atoms with E-state index >= 15 is 0 Å². The van der Waals surface area contributed by atoms with Gasteiger partial charge >= 0.3 is 6.18 Å². The molecule has 1 N–H and O–H groups in total. The highest BCUT2D eigenvalue weighted by atomic mass is 19.4. The van der Waals surface area contributed by atoms with Crippen molar-refractivity contribution in [3.63, 3.8) is 0 Å². The molecule has 3 rings (SSSR count). The van der Waals surface area contributed by atoms with Crippen molar-refractivity contribution in [2.24, 2.45) is 5.92 Å². The second kappa shape index (κ2) is 6.62. The molecule has 25 heavy (non-hydrogen) atoms. The van der Waals surface area contributed by atoms with Crippen molar-refractivity contribution in [1.29, 1.82) is 0 Å². The summed E-state index contributed by atoms with van der Waals surface area (Å²) in [5, 5.41) is 2.55. The molecule has 1 aliphatic heterocycles. The van der Waals surface area contributed by atoms with Crippen molar-refractivity contribution in [3.8, 4) is 0 Å². The number of anilines is 1. The van der Waals surface area contributed by atoms with Gasteiger partial charge in [-0.15, -0.1) is 0 Å². The monoisotopic (exact) mass is 352 g/mol. The van der Waals surface area contributed by atoms with Gasteiger partial charge < -0.3 is 14.6 Å². The average Bonchev–Trinajstić information content (AvgIpc) is 3.18. The summed E-state index contributed by atoms with van der Waals surface area (Å²) >= 11 is 0. The Morgan fingerprint density at radius 2 is 1.96 bits per heavy atom. The number of carbonyl (C=O) groups excluding carboxylic acids is 2. The van der Waals surface area contributed by atoms with Gasteiger partial charge in [0.1, 0.15) is 5.76 Å². The minimum Gasteiger partial charge on any atom is -0.467 e. The lowest BCUT2D eigenvalue weighted by molar-refractivity contribution is -0.137. The maximum atomic E-state index is 12.5. The quantitative estimate of drug-likeness (QED) is 0.918. The lowest BCUT2D eigenvalue weighted by Gasteiger charge is -2.15. The molecule has 0 saturated carbocycles. The van der Waals surface area contributed by atoms with Crippen LogP contribution < -0.4 is 5.32 Å². The van der Waals surface area contributed by atoms with E-state index in [0.29, 0.717) is 5.76 Å². The molecule has 8 heteroatoms. The van der Waals surface area contributed by atoms with Crippen LogP contribution in [0.5, 0.6) is 0 Å². The van der Waals surface area contributed by atoms with E-state index in [1.54, 1.807) is 12.1 Å². The van der Waals surface area contributed by atoms with Crippen LogP contribution in [0.25, 0.3) is 0 Å². The molecule has 1 atom stereocenters. The Morgan fingerprint density at radius 1 is 1.24 bits per heavy atom. The van der Waals surface area contributed by atoms with Crippen molar-refractivity contribution < 1.29 is 27.2 Å². The van der Waals surface area contributed by atoms with E-state index in [-0.39, 0.29) is 31.1 Å². The molecule has 1 aromatic carbocycles. The number of carbonyl (C=O) groups is 2. The molecule has 132 valence electrons. The highest BCUT2D eigenvalue weighted by Gasteiger charge is 2.35. The Hall–Kier alpha value is -2.77. The smallest absolute Gasteiger partial charge is 0.416 e. The number of amides is 2. The van der Waals surface area contributed by atoms with Gasteiger partial charge in [-0.1, -0.05) is 0 Å². The minimum absolute atomic E-state index is 0.0627. The Bertz CT molecular complexity index is 754. The fraction of sp³-hybridized carbons (Fsp3) is 0.294. The normalized spacial score (nSPS) is 17.8. The van der Waals surface area contributed by atoms with Gasteiger partial charge in [-0.2, -0.15) is 13.2 Å². The molecule has 1 saturated heterocycles. The summed E-state index contributed by atoms with van der Waals surface area (Å²) in [7, 11) is 0. The predicted molar refractivity (Wildman–Crippen MR) is 82.3 cm³/mol. The van der Waals surface area contributed by atoms with Gasteiger partial charge in [0, 0.05) is 18.7 Å². The summed E-state index contributed by atoms with van der Waals surface area (Å²) in [6, 6.07) is 7.64.